The van der Waals surface area contributed by atoms with Crippen LogP contribution in [0.5, 0.6) is 0 Å². The van der Waals surface area contributed by atoms with Gasteiger partial charge in [0.2, 0.25) is 0 Å². The smallest absolute Gasteiger partial charge is 0.263 e. The molecule has 0 saturated heterocycles. The molecule has 1 aromatic heterocycles. The number of sulfonamides is 1. The summed E-state index contributed by atoms with van der Waals surface area (Å²) in [6, 6.07) is 6.73. The third-order valence-corrected chi connectivity index (χ3v) is 4.57. The molecule has 0 fully saturated rings. The Morgan fingerprint density at radius 2 is 2.11 bits per heavy atom. The van der Waals surface area contributed by atoms with E-state index in [1.54, 1.807) is 6.07 Å². The van der Waals surface area contributed by atoms with Crippen molar-refractivity contribution in [2.24, 2.45) is 0 Å². The number of aromatic amines is 1. The van der Waals surface area contributed by atoms with Crippen molar-refractivity contribution in [2.75, 3.05) is 4.72 Å². The van der Waals surface area contributed by atoms with E-state index in [1.165, 1.54) is 12.3 Å². The second-order valence-corrected chi connectivity index (χ2v) is 6.64. The summed E-state index contributed by atoms with van der Waals surface area (Å²) < 4.78 is 27.4. The van der Waals surface area contributed by atoms with E-state index in [1.807, 2.05) is 19.1 Å². The van der Waals surface area contributed by atoms with Gasteiger partial charge in [-0.3, -0.25) is 4.72 Å². The molecule has 2 rings (SSSR count). The fraction of sp³-hybridized carbons (Fsp3) is 0.167. The van der Waals surface area contributed by atoms with Gasteiger partial charge in [-0.15, -0.1) is 0 Å². The molecule has 0 aliphatic heterocycles. The molecule has 1 aromatic carbocycles. The first-order chi connectivity index (χ1) is 8.92. The van der Waals surface area contributed by atoms with E-state index in [9.17, 15) is 8.42 Å². The number of aromatic nitrogens is 1. The van der Waals surface area contributed by atoms with Crippen LogP contribution in [0, 0.1) is 6.92 Å². The second-order valence-electron chi connectivity index (χ2n) is 4.11. The maximum Gasteiger partial charge on any atom is 0.263 e. The SMILES string of the molecule is Cc1ccc(NS(=O)(=O)c2c[nH]c(CO)c2)c(Br)c1. The molecule has 19 heavy (non-hydrogen) atoms. The number of H-pyrrole nitrogens is 1. The molecule has 0 atom stereocenters. The van der Waals surface area contributed by atoms with E-state index in [0.717, 1.165) is 5.56 Å². The number of anilines is 1. The molecule has 0 unspecified atom stereocenters. The van der Waals surface area contributed by atoms with Crippen LogP contribution in [0.1, 0.15) is 11.3 Å². The lowest BCUT2D eigenvalue weighted by Gasteiger charge is -2.09. The van der Waals surface area contributed by atoms with Crippen molar-refractivity contribution in [3.05, 3.63) is 46.2 Å². The van der Waals surface area contributed by atoms with Crippen LogP contribution in [0.3, 0.4) is 0 Å². The monoisotopic (exact) mass is 344 g/mol. The topological polar surface area (TPSA) is 82.2 Å². The van der Waals surface area contributed by atoms with Gasteiger partial charge in [0.1, 0.15) is 4.90 Å². The first kappa shape index (κ1) is 14.1. The number of aliphatic hydroxyl groups excluding tert-OH is 1. The zero-order chi connectivity index (χ0) is 14.0. The summed E-state index contributed by atoms with van der Waals surface area (Å²) in [6.45, 7) is 1.69. The molecule has 0 spiro atoms. The Kier molecular flexibility index (Phi) is 3.98. The number of nitrogens with one attached hydrogen (secondary N) is 2. The first-order valence-corrected chi connectivity index (χ1v) is 7.77. The van der Waals surface area contributed by atoms with Crippen LogP contribution in [-0.2, 0) is 16.6 Å². The number of halogens is 1. The summed E-state index contributed by atoms with van der Waals surface area (Å²) in [5, 5.41) is 8.93. The van der Waals surface area contributed by atoms with Gasteiger partial charge in [-0.25, -0.2) is 8.42 Å². The summed E-state index contributed by atoms with van der Waals surface area (Å²) in [5.41, 5.74) is 1.94. The van der Waals surface area contributed by atoms with Crippen molar-refractivity contribution < 1.29 is 13.5 Å². The minimum absolute atomic E-state index is 0.0871. The first-order valence-electron chi connectivity index (χ1n) is 5.49. The molecule has 0 aliphatic rings. The molecule has 2 aromatic rings. The molecule has 0 saturated carbocycles. The number of hydrogen-bond donors (Lipinski definition) is 3. The van der Waals surface area contributed by atoms with Gasteiger partial charge in [-0.05, 0) is 46.6 Å². The molecule has 0 amide bonds. The minimum atomic E-state index is -3.66. The van der Waals surface area contributed by atoms with E-state index in [-0.39, 0.29) is 11.5 Å². The Labute approximate surface area is 119 Å². The van der Waals surface area contributed by atoms with Gasteiger partial charge >= 0.3 is 0 Å². The second kappa shape index (κ2) is 5.36. The van der Waals surface area contributed by atoms with Crippen molar-refractivity contribution in [1.29, 1.82) is 0 Å². The quantitative estimate of drug-likeness (QED) is 0.796. The molecule has 0 radical (unpaired) electrons. The van der Waals surface area contributed by atoms with Crippen LogP contribution in [0.15, 0.2) is 39.8 Å². The Hall–Kier alpha value is -1.31. The van der Waals surface area contributed by atoms with E-state index < -0.39 is 10.0 Å². The van der Waals surface area contributed by atoms with Gasteiger partial charge in [0.05, 0.1) is 12.3 Å². The number of aliphatic hydroxyl groups is 1. The van der Waals surface area contributed by atoms with Gasteiger partial charge in [-0.1, -0.05) is 6.07 Å². The van der Waals surface area contributed by atoms with Crippen LogP contribution in [0.25, 0.3) is 0 Å². The highest BCUT2D eigenvalue weighted by molar-refractivity contribution is 9.10. The third-order valence-electron chi connectivity index (χ3n) is 2.57. The highest BCUT2D eigenvalue weighted by Gasteiger charge is 2.17. The summed E-state index contributed by atoms with van der Waals surface area (Å²) >= 11 is 3.32. The van der Waals surface area contributed by atoms with Gasteiger partial charge in [0, 0.05) is 16.4 Å². The summed E-state index contributed by atoms with van der Waals surface area (Å²) in [4.78, 5) is 2.78. The average molecular weight is 345 g/mol. The number of benzene rings is 1. The maximum atomic E-state index is 12.1. The highest BCUT2D eigenvalue weighted by Crippen LogP contribution is 2.26. The summed E-state index contributed by atoms with van der Waals surface area (Å²) in [5.74, 6) is 0. The average Bonchev–Trinajstić information content (AvgIpc) is 2.82. The Balaban J connectivity index is 2.30. The van der Waals surface area contributed by atoms with E-state index in [2.05, 4.69) is 25.6 Å². The molecule has 5 nitrogen and oxygen atoms in total. The Morgan fingerprint density at radius 1 is 1.37 bits per heavy atom. The van der Waals surface area contributed by atoms with Crippen LogP contribution in [-0.4, -0.2) is 18.5 Å². The lowest BCUT2D eigenvalue weighted by molar-refractivity contribution is 0.277. The lowest BCUT2D eigenvalue weighted by atomic mass is 10.2. The highest BCUT2D eigenvalue weighted by atomic mass is 79.9. The molecule has 3 N–H and O–H groups in total. The van der Waals surface area contributed by atoms with E-state index in [4.69, 9.17) is 5.11 Å². The fourth-order valence-corrected chi connectivity index (χ4v) is 3.39. The Bertz CT molecular complexity index is 695. The van der Waals surface area contributed by atoms with Crippen LogP contribution < -0.4 is 4.72 Å². The predicted molar refractivity (Wildman–Crippen MR) is 76.4 cm³/mol. The maximum absolute atomic E-state index is 12.1. The van der Waals surface area contributed by atoms with Crippen molar-refractivity contribution in [3.63, 3.8) is 0 Å². The van der Waals surface area contributed by atoms with E-state index in [0.29, 0.717) is 15.9 Å². The van der Waals surface area contributed by atoms with Gasteiger partial charge < -0.3 is 10.1 Å². The zero-order valence-corrected chi connectivity index (χ0v) is 12.5. The fourth-order valence-electron chi connectivity index (χ4n) is 1.57. The van der Waals surface area contributed by atoms with Crippen molar-refractivity contribution in [2.45, 2.75) is 18.4 Å². The number of aryl methyl sites for hydroxylation is 1. The van der Waals surface area contributed by atoms with Crippen LogP contribution in [0.2, 0.25) is 0 Å². The zero-order valence-electron chi connectivity index (χ0n) is 10.1. The lowest BCUT2D eigenvalue weighted by Crippen LogP contribution is -2.12. The predicted octanol–water partition coefficient (Wildman–Crippen LogP) is 2.38. The van der Waals surface area contributed by atoms with Crippen molar-refractivity contribution in [1.82, 2.24) is 4.98 Å². The normalized spacial score (nSPS) is 11.5. The molecular formula is C12H13BrN2O3S. The largest absolute Gasteiger partial charge is 0.390 e. The van der Waals surface area contributed by atoms with Crippen molar-refractivity contribution in [3.8, 4) is 0 Å². The minimum Gasteiger partial charge on any atom is -0.390 e. The van der Waals surface area contributed by atoms with Crippen molar-refractivity contribution >= 4 is 31.6 Å². The van der Waals surface area contributed by atoms with Crippen LogP contribution in [0.4, 0.5) is 5.69 Å². The molecular weight excluding hydrogens is 332 g/mol. The molecule has 0 aliphatic carbocycles. The Morgan fingerprint density at radius 3 is 2.68 bits per heavy atom. The molecule has 7 heteroatoms. The number of hydrogen-bond acceptors (Lipinski definition) is 3. The van der Waals surface area contributed by atoms with Gasteiger partial charge in [0.15, 0.2) is 0 Å². The van der Waals surface area contributed by atoms with Gasteiger partial charge in [0.25, 0.3) is 10.0 Å². The standard InChI is InChI=1S/C12H13BrN2O3S/c1-8-2-3-12(11(13)4-8)15-19(17,18)10-5-9(7-16)14-6-10/h2-6,14-16H,7H2,1H3. The third kappa shape index (κ3) is 3.17. The molecule has 0 bridgehead atoms. The summed E-state index contributed by atoms with van der Waals surface area (Å²) in [7, 11) is -3.66. The van der Waals surface area contributed by atoms with E-state index >= 15 is 0 Å². The van der Waals surface area contributed by atoms with Gasteiger partial charge in [-0.2, -0.15) is 0 Å². The molecule has 1 heterocycles. The molecule has 102 valence electrons. The summed E-state index contributed by atoms with van der Waals surface area (Å²) in [6.07, 6.45) is 1.34. The van der Waals surface area contributed by atoms with Crippen LogP contribution >= 0.6 is 15.9 Å². The number of rotatable bonds is 4.